The quantitative estimate of drug-likeness (QED) is 0.512. The van der Waals surface area contributed by atoms with Gasteiger partial charge in [0.1, 0.15) is 5.44 Å². The first-order valence-corrected chi connectivity index (χ1v) is 4.32. The van der Waals surface area contributed by atoms with E-state index in [9.17, 15) is 4.57 Å². The van der Waals surface area contributed by atoms with Crippen molar-refractivity contribution in [3.05, 3.63) is 17.8 Å². The Morgan fingerprint density at radius 2 is 2.20 bits per heavy atom. The Morgan fingerprint density at radius 3 is 2.40 bits per heavy atom. The molecule has 1 aromatic heterocycles. The van der Waals surface area contributed by atoms with Crippen LogP contribution in [0.1, 0.15) is 5.56 Å². The molecule has 0 aliphatic rings. The van der Waals surface area contributed by atoms with Gasteiger partial charge in [0, 0.05) is 6.20 Å². The molecule has 0 bridgehead atoms. The number of hydrogen-bond donors (Lipinski definition) is 3. The van der Waals surface area contributed by atoms with Gasteiger partial charge in [-0.1, -0.05) is 0 Å². The van der Waals surface area contributed by atoms with Crippen LogP contribution < -0.4 is 5.44 Å². The fourth-order valence-corrected chi connectivity index (χ4v) is 1.26. The van der Waals surface area contributed by atoms with Gasteiger partial charge in [-0.3, -0.25) is 4.57 Å². The number of aryl methyl sites for hydroxylation is 1. The molecule has 0 atom stereocenters. The molecule has 1 rings (SSSR count). The SMILES string of the molecule is Cc1c[nH]c(P(=O)(O)O)c1. The van der Waals surface area contributed by atoms with E-state index in [1.165, 1.54) is 6.07 Å². The molecule has 1 aromatic rings. The molecule has 0 spiro atoms. The second kappa shape index (κ2) is 2.23. The number of rotatable bonds is 1. The van der Waals surface area contributed by atoms with Crippen molar-refractivity contribution in [2.75, 3.05) is 0 Å². The predicted molar refractivity (Wildman–Crippen MR) is 37.2 cm³/mol. The van der Waals surface area contributed by atoms with Gasteiger partial charge in [0.25, 0.3) is 0 Å². The molecule has 56 valence electrons. The maximum absolute atomic E-state index is 10.5. The first-order chi connectivity index (χ1) is 4.50. The summed E-state index contributed by atoms with van der Waals surface area (Å²) in [6, 6.07) is 1.43. The lowest BCUT2D eigenvalue weighted by atomic mass is 10.4. The molecule has 1 heterocycles. The molecular formula is C5H8NO3P. The van der Waals surface area contributed by atoms with E-state index in [2.05, 4.69) is 4.98 Å². The third kappa shape index (κ3) is 1.48. The Bertz CT molecular complexity index is 274. The lowest BCUT2D eigenvalue weighted by molar-refractivity contribution is 0.386. The van der Waals surface area contributed by atoms with Crippen LogP contribution in [0, 0.1) is 6.92 Å². The molecule has 0 unspecified atom stereocenters. The molecule has 5 heteroatoms. The van der Waals surface area contributed by atoms with E-state index in [0.717, 1.165) is 5.56 Å². The molecule has 0 saturated heterocycles. The summed E-state index contributed by atoms with van der Waals surface area (Å²) in [6.07, 6.45) is 1.55. The monoisotopic (exact) mass is 161 g/mol. The first-order valence-electron chi connectivity index (χ1n) is 2.71. The maximum Gasteiger partial charge on any atom is 0.372 e. The molecule has 0 fully saturated rings. The first kappa shape index (κ1) is 7.54. The normalized spacial score (nSPS) is 11.9. The van der Waals surface area contributed by atoms with Gasteiger partial charge >= 0.3 is 7.60 Å². The highest BCUT2D eigenvalue weighted by Gasteiger charge is 2.17. The van der Waals surface area contributed by atoms with Crippen molar-refractivity contribution >= 4 is 13.0 Å². The Morgan fingerprint density at radius 1 is 1.60 bits per heavy atom. The van der Waals surface area contributed by atoms with Crippen molar-refractivity contribution in [3.63, 3.8) is 0 Å². The van der Waals surface area contributed by atoms with Gasteiger partial charge in [-0.2, -0.15) is 0 Å². The molecule has 0 aliphatic carbocycles. The third-order valence-electron chi connectivity index (χ3n) is 1.13. The summed E-state index contributed by atoms with van der Waals surface area (Å²) in [5, 5.41) is 0. The highest BCUT2D eigenvalue weighted by atomic mass is 31.2. The van der Waals surface area contributed by atoms with Crippen LogP contribution in [0.5, 0.6) is 0 Å². The maximum atomic E-state index is 10.5. The Labute approximate surface area is 58.1 Å². The standard InChI is InChI=1S/C5H8NO3P/c1-4-2-5(6-3-4)10(7,8)9/h2-3,6H,1H3,(H2,7,8,9). The summed E-state index contributed by atoms with van der Waals surface area (Å²) >= 11 is 0. The van der Waals surface area contributed by atoms with Gasteiger partial charge in [0.2, 0.25) is 0 Å². The molecule has 4 nitrogen and oxygen atoms in total. The fourth-order valence-electron chi connectivity index (χ4n) is 0.655. The lowest BCUT2D eigenvalue weighted by Crippen LogP contribution is -2.02. The van der Waals surface area contributed by atoms with Crippen LogP contribution in [0.2, 0.25) is 0 Å². The molecule has 0 radical (unpaired) electrons. The zero-order chi connectivity index (χ0) is 7.78. The minimum Gasteiger partial charge on any atom is -0.355 e. The number of H-pyrrole nitrogens is 1. The van der Waals surface area contributed by atoms with Crippen LogP contribution in [-0.4, -0.2) is 14.8 Å². The van der Waals surface area contributed by atoms with E-state index in [0.29, 0.717) is 0 Å². The van der Waals surface area contributed by atoms with Crippen LogP contribution in [0.15, 0.2) is 12.3 Å². The van der Waals surface area contributed by atoms with Crippen molar-refractivity contribution in [1.82, 2.24) is 4.98 Å². The summed E-state index contributed by atoms with van der Waals surface area (Å²) in [4.78, 5) is 19.6. The Hall–Kier alpha value is -0.570. The van der Waals surface area contributed by atoms with Gasteiger partial charge in [-0.15, -0.1) is 0 Å². The summed E-state index contributed by atoms with van der Waals surface area (Å²) in [5.74, 6) is 0. The summed E-state index contributed by atoms with van der Waals surface area (Å²) < 4.78 is 10.5. The van der Waals surface area contributed by atoms with Crippen molar-refractivity contribution in [2.24, 2.45) is 0 Å². The minimum absolute atomic E-state index is 0.0231. The lowest BCUT2D eigenvalue weighted by Gasteiger charge is -1.96. The molecular weight excluding hydrogens is 153 g/mol. The van der Waals surface area contributed by atoms with Crippen LogP contribution >= 0.6 is 7.60 Å². The van der Waals surface area contributed by atoms with Crippen molar-refractivity contribution in [2.45, 2.75) is 6.92 Å². The van der Waals surface area contributed by atoms with Crippen LogP contribution in [0.4, 0.5) is 0 Å². The second-order valence-corrected chi connectivity index (χ2v) is 3.68. The molecule has 0 aromatic carbocycles. The highest BCUT2D eigenvalue weighted by Crippen LogP contribution is 2.32. The zero-order valence-electron chi connectivity index (χ0n) is 5.40. The Balaban J connectivity index is 3.08. The van der Waals surface area contributed by atoms with Crippen LogP contribution in [-0.2, 0) is 4.57 Å². The summed E-state index contributed by atoms with van der Waals surface area (Å²) in [6.45, 7) is 1.76. The molecule has 10 heavy (non-hydrogen) atoms. The van der Waals surface area contributed by atoms with E-state index in [1.54, 1.807) is 13.1 Å². The molecule has 0 saturated carbocycles. The number of nitrogens with one attached hydrogen (secondary N) is 1. The zero-order valence-corrected chi connectivity index (χ0v) is 6.30. The van der Waals surface area contributed by atoms with Crippen LogP contribution in [0.25, 0.3) is 0 Å². The fraction of sp³-hybridized carbons (Fsp3) is 0.200. The van der Waals surface area contributed by atoms with Crippen molar-refractivity contribution in [1.29, 1.82) is 0 Å². The van der Waals surface area contributed by atoms with Crippen LogP contribution in [0.3, 0.4) is 0 Å². The number of hydrogen-bond acceptors (Lipinski definition) is 1. The van der Waals surface area contributed by atoms with Gasteiger partial charge < -0.3 is 14.8 Å². The van der Waals surface area contributed by atoms with E-state index in [4.69, 9.17) is 9.79 Å². The summed E-state index contributed by atoms with van der Waals surface area (Å²) in [7, 11) is -4.05. The smallest absolute Gasteiger partial charge is 0.355 e. The van der Waals surface area contributed by atoms with E-state index >= 15 is 0 Å². The molecule has 3 N–H and O–H groups in total. The van der Waals surface area contributed by atoms with E-state index < -0.39 is 7.60 Å². The van der Waals surface area contributed by atoms with Gasteiger partial charge in [0.05, 0.1) is 0 Å². The average molecular weight is 161 g/mol. The number of aromatic nitrogens is 1. The average Bonchev–Trinajstić information content (AvgIpc) is 2.11. The van der Waals surface area contributed by atoms with Gasteiger partial charge in [-0.25, -0.2) is 0 Å². The topological polar surface area (TPSA) is 73.3 Å². The van der Waals surface area contributed by atoms with E-state index in [-0.39, 0.29) is 5.44 Å². The largest absolute Gasteiger partial charge is 0.372 e. The van der Waals surface area contributed by atoms with Crippen molar-refractivity contribution < 1.29 is 14.4 Å². The van der Waals surface area contributed by atoms with Gasteiger partial charge in [0.15, 0.2) is 0 Å². The predicted octanol–water partition coefficient (Wildman–Crippen LogP) is 0.126. The van der Waals surface area contributed by atoms with E-state index in [1.807, 2.05) is 0 Å². The van der Waals surface area contributed by atoms with Gasteiger partial charge in [-0.05, 0) is 18.6 Å². The Kier molecular flexibility index (Phi) is 1.68. The second-order valence-electron chi connectivity index (χ2n) is 2.11. The molecule has 0 amide bonds. The minimum atomic E-state index is -4.05. The summed E-state index contributed by atoms with van der Waals surface area (Å²) in [5.41, 5.74) is 0.795. The highest BCUT2D eigenvalue weighted by molar-refractivity contribution is 7.60. The van der Waals surface area contributed by atoms with Crippen molar-refractivity contribution in [3.8, 4) is 0 Å². The number of aromatic amines is 1. The third-order valence-corrected chi connectivity index (χ3v) is 2.01. The molecule has 0 aliphatic heterocycles.